The molecule has 0 aliphatic rings. The molecule has 0 aliphatic carbocycles. The summed E-state index contributed by atoms with van der Waals surface area (Å²) in [7, 11) is 0. The summed E-state index contributed by atoms with van der Waals surface area (Å²) >= 11 is 0. The molecule has 3 nitrogen and oxygen atoms in total. The summed E-state index contributed by atoms with van der Waals surface area (Å²) in [6, 6.07) is 11.3. The van der Waals surface area contributed by atoms with Crippen molar-refractivity contribution in [3.05, 3.63) is 66.0 Å². The van der Waals surface area contributed by atoms with E-state index in [0.717, 1.165) is 17.7 Å². The fourth-order valence-electron chi connectivity index (χ4n) is 2.17. The predicted molar refractivity (Wildman–Crippen MR) is 71.1 cm³/mol. The molecule has 1 atom stereocenters. The van der Waals surface area contributed by atoms with Gasteiger partial charge in [0.15, 0.2) is 11.6 Å². The molecule has 0 aliphatic heterocycles. The van der Waals surface area contributed by atoms with E-state index < -0.39 is 17.7 Å². The highest BCUT2D eigenvalue weighted by atomic mass is 19.2. The van der Waals surface area contributed by atoms with E-state index in [1.807, 2.05) is 30.3 Å². The number of imidazole rings is 1. The minimum absolute atomic E-state index is 0.228. The number of rotatable bonds is 3. The van der Waals surface area contributed by atoms with Crippen LogP contribution in [0.3, 0.4) is 0 Å². The monoisotopic (exact) mass is 274 g/mol. The number of fused-ring (bicyclic) bond motifs is 1. The second-order valence-corrected chi connectivity index (χ2v) is 4.58. The molecule has 0 unspecified atom stereocenters. The summed E-state index contributed by atoms with van der Waals surface area (Å²) in [6.07, 6.45) is 0.733. The molecule has 0 saturated heterocycles. The van der Waals surface area contributed by atoms with Gasteiger partial charge in [0.05, 0.1) is 30.0 Å². The molecular weight excluding hydrogens is 262 g/mol. The summed E-state index contributed by atoms with van der Waals surface area (Å²) in [4.78, 5) is 4.01. The first-order valence-corrected chi connectivity index (χ1v) is 6.18. The Balaban J connectivity index is 1.93. The van der Waals surface area contributed by atoms with Crippen LogP contribution in [-0.2, 0) is 6.54 Å². The number of aliphatic hydroxyl groups is 1. The van der Waals surface area contributed by atoms with Crippen LogP contribution in [0.4, 0.5) is 8.78 Å². The van der Waals surface area contributed by atoms with Crippen molar-refractivity contribution in [2.75, 3.05) is 0 Å². The Bertz CT molecular complexity index is 740. The van der Waals surface area contributed by atoms with Crippen molar-refractivity contribution in [1.29, 1.82) is 0 Å². The van der Waals surface area contributed by atoms with E-state index in [1.54, 1.807) is 4.57 Å². The number of hydrogen-bond donors (Lipinski definition) is 1. The van der Waals surface area contributed by atoms with Gasteiger partial charge in [-0.15, -0.1) is 0 Å². The van der Waals surface area contributed by atoms with E-state index in [2.05, 4.69) is 4.98 Å². The molecule has 0 fully saturated rings. The fourth-order valence-corrected chi connectivity index (χ4v) is 2.17. The van der Waals surface area contributed by atoms with E-state index in [-0.39, 0.29) is 6.54 Å². The maximum atomic E-state index is 13.3. The third kappa shape index (κ3) is 2.28. The third-order valence-corrected chi connectivity index (χ3v) is 3.22. The van der Waals surface area contributed by atoms with E-state index in [9.17, 15) is 13.9 Å². The molecule has 5 heteroatoms. The molecule has 2 aromatic carbocycles. The van der Waals surface area contributed by atoms with Crippen LogP contribution in [-0.4, -0.2) is 14.7 Å². The maximum absolute atomic E-state index is 13.3. The number of aliphatic hydroxyl groups excluding tert-OH is 1. The second kappa shape index (κ2) is 5.02. The molecule has 0 amide bonds. The van der Waals surface area contributed by atoms with Gasteiger partial charge in [-0.3, -0.25) is 0 Å². The Morgan fingerprint density at radius 3 is 2.55 bits per heavy atom. The molecular formula is C15H12F2N2O. The first kappa shape index (κ1) is 12.7. The van der Waals surface area contributed by atoms with Gasteiger partial charge in [-0.2, -0.15) is 0 Å². The van der Waals surface area contributed by atoms with Gasteiger partial charge in [-0.25, -0.2) is 13.8 Å². The number of aromatic nitrogens is 2. The van der Waals surface area contributed by atoms with Crippen molar-refractivity contribution < 1.29 is 13.9 Å². The zero-order valence-corrected chi connectivity index (χ0v) is 10.5. The van der Waals surface area contributed by atoms with Gasteiger partial charge < -0.3 is 9.67 Å². The van der Waals surface area contributed by atoms with Gasteiger partial charge >= 0.3 is 0 Å². The molecule has 1 N–H and O–H groups in total. The molecule has 20 heavy (non-hydrogen) atoms. The highest BCUT2D eigenvalue weighted by Gasteiger charge is 2.13. The van der Waals surface area contributed by atoms with Gasteiger partial charge in [0.25, 0.3) is 0 Å². The van der Waals surface area contributed by atoms with Crippen LogP contribution in [0.25, 0.3) is 11.0 Å². The average Bonchev–Trinajstić information content (AvgIpc) is 2.83. The highest BCUT2D eigenvalue weighted by Crippen LogP contribution is 2.21. The van der Waals surface area contributed by atoms with E-state index >= 15 is 0 Å². The van der Waals surface area contributed by atoms with Crippen LogP contribution in [0.15, 0.2) is 48.8 Å². The van der Waals surface area contributed by atoms with E-state index in [0.29, 0.717) is 11.0 Å². The van der Waals surface area contributed by atoms with Crippen LogP contribution >= 0.6 is 0 Å². The molecule has 0 radical (unpaired) electrons. The summed E-state index contributed by atoms with van der Waals surface area (Å²) in [6.45, 7) is 0.228. The van der Waals surface area contributed by atoms with Crippen molar-refractivity contribution in [1.82, 2.24) is 9.55 Å². The average molecular weight is 274 g/mol. The summed E-state index contributed by atoms with van der Waals surface area (Å²) in [5.41, 5.74) is 1.58. The van der Waals surface area contributed by atoms with Crippen LogP contribution < -0.4 is 0 Å². The Morgan fingerprint density at radius 2 is 1.80 bits per heavy atom. The summed E-state index contributed by atoms with van der Waals surface area (Å²) in [5.74, 6) is -1.85. The van der Waals surface area contributed by atoms with Crippen molar-refractivity contribution in [2.24, 2.45) is 0 Å². The molecule has 3 rings (SSSR count). The van der Waals surface area contributed by atoms with E-state index in [1.165, 1.54) is 6.33 Å². The first-order chi connectivity index (χ1) is 9.65. The van der Waals surface area contributed by atoms with Crippen molar-refractivity contribution in [2.45, 2.75) is 12.6 Å². The minimum Gasteiger partial charge on any atom is -0.387 e. The smallest absolute Gasteiger partial charge is 0.161 e. The van der Waals surface area contributed by atoms with Crippen LogP contribution in [0.1, 0.15) is 11.7 Å². The van der Waals surface area contributed by atoms with Crippen molar-refractivity contribution in [3.8, 4) is 0 Å². The summed E-state index contributed by atoms with van der Waals surface area (Å²) < 4.78 is 28.0. The van der Waals surface area contributed by atoms with Crippen LogP contribution in [0.5, 0.6) is 0 Å². The fraction of sp³-hybridized carbons (Fsp3) is 0.133. The minimum atomic E-state index is -0.925. The lowest BCUT2D eigenvalue weighted by Crippen LogP contribution is -2.07. The van der Waals surface area contributed by atoms with Gasteiger partial charge in [0.2, 0.25) is 0 Å². The zero-order valence-electron chi connectivity index (χ0n) is 10.5. The quantitative estimate of drug-likeness (QED) is 0.797. The van der Waals surface area contributed by atoms with Gasteiger partial charge in [-0.1, -0.05) is 30.3 Å². The van der Waals surface area contributed by atoms with Gasteiger partial charge in [-0.05, 0) is 5.56 Å². The molecule has 0 bridgehead atoms. The Kier molecular flexibility index (Phi) is 3.20. The largest absolute Gasteiger partial charge is 0.387 e. The molecule has 1 heterocycles. The van der Waals surface area contributed by atoms with Crippen molar-refractivity contribution >= 4 is 11.0 Å². The third-order valence-electron chi connectivity index (χ3n) is 3.22. The van der Waals surface area contributed by atoms with Gasteiger partial charge in [0, 0.05) is 12.1 Å². The van der Waals surface area contributed by atoms with Crippen LogP contribution in [0.2, 0.25) is 0 Å². The molecule has 3 aromatic rings. The Hall–Kier alpha value is -2.27. The highest BCUT2D eigenvalue weighted by molar-refractivity contribution is 5.75. The maximum Gasteiger partial charge on any atom is 0.161 e. The lowest BCUT2D eigenvalue weighted by molar-refractivity contribution is 0.158. The predicted octanol–water partition coefficient (Wildman–Crippen LogP) is 3.05. The second-order valence-electron chi connectivity index (χ2n) is 4.58. The molecule has 0 saturated carbocycles. The topological polar surface area (TPSA) is 38.0 Å². The number of hydrogen-bond acceptors (Lipinski definition) is 2. The number of nitrogens with zero attached hydrogens (tertiary/aromatic N) is 2. The first-order valence-electron chi connectivity index (χ1n) is 6.18. The number of halogens is 2. The lowest BCUT2D eigenvalue weighted by atomic mass is 10.1. The molecule has 0 spiro atoms. The van der Waals surface area contributed by atoms with Gasteiger partial charge in [0.1, 0.15) is 0 Å². The Morgan fingerprint density at radius 1 is 1.10 bits per heavy atom. The summed E-state index contributed by atoms with van der Waals surface area (Å²) in [5, 5.41) is 10.2. The number of benzene rings is 2. The van der Waals surface area contributed by atoms with Crippen LogP contribution in [0, 0.1) is 11.6 Å². The standard InChI is InChI=1S/C15H12F2N2O/c16-11-6-13-14(7-12(11)17)19(9-18-13)8-15(20)10-4-2-1-3-5-10/h1-7,9,15,20H,8H2/t15-/m1/s1. The lowest BCUT2D eigenvalue weighted by Gasteiger charge is -2.12. The molecule has 102 valence electrons. The Labute approximate surface area is 114 Å². The zero-order chi connectivity index (χ0) is 14.1. The van der Waals surface area contributed by atoms with Crippen molar-refractivity contribution in [3.63, 3.8) is 0 Å². The SMILES string of the molecule is O[C@H](Cn1cnc2cc(F)c(F)cc21)c1ccccc1. The van der Waals surface area contributed by atoms with E-state index in [4.69, 9.17) is 0 Å². The normalized spacial score (nSPS) is 12.8. The molecule has 1 aromatic heterocycles.